The molecule has 0 aliphatic carbocycles. The molecule has 0 aliphatic heterocycles. The number of allylic oxidation sites excluding steroid dienone is 6. The Morgan fingerprint density at radius 2 is 0.479 bits per heavy atom. The lowest BCUT2D eigenvalue weighted by atomic mass is 10.0. The van der Waals surface area contributed by atoms with Gasteiger partial charge in [-0.1, -0.05) is 282 Å². The van der Waals surface area contributed by atoms with E-state index >= 15 is 0 Å². The number of rotatable bonds is 75. The number of ether oxygens (including phenoxy) is 4. The number of hydrogen-bond acceptors (Lipinski definition) is 15. The van der Waals surface area contributed by atoms with Crippen molar-refractivity contribution in [3.05, 3.63) is 36.5 Å². The molecule has 0 heterocycles. The van der Waals surface area contributed by atoms with Crippen LogP contribution in [0.1, 0.15) is 374 Å². The molecule has 0 radical (unpaired) electrons. The average Bonchev–Trinajstić information content (AvgIpc) is 1.19. The first-order valence-electron chi connectivity index (χ1n) is 39.2. The molecule has 0 saturated heterocycles. The lowest BCUT2D eigenvalue weighted by Crippen LogP contribution is -2.30. The van der Waals surface area contributed by atoms with Gasteiger partial charge in [0.25, 0.3) is 0 Å². The number of aliphatic hydroxyl groups excluding tert-OH is 1. The van der Waals surface area contributed by atoms with Gasteiger partial charge in [0.1, 0.15) is 19.3 Å². The Labute approximate surface area is 585 Å². The average molecular weight is 1400 g/mol. The van der Waals surface area contributed by atoms with Crippen molar-refractivity contribution in [2.45, 2.75) is 393 Å². The Hall–Kier alpha value is -2.72. The van der Waals surface area contributed by atoms with Gasteiger partial charge in [0.15, 0.2) is 12.2 Å². The van der Waals surface area contributed by atoms with E-state index in [4.69, 9.17) is 37.0 Å². The third-order valence-electron chi connectivity index (χ3n) is 17.1. The molecular formula is C77H144O17P2. The highest BCUT2D eigenvalue weighted by Crippen LogP contribution is 2.45. The molecule has 564 valence electrons. The van der Waals surface area contributed by atoms with Crippen molar-refractivity contribution in [1.29, 1.82) is 0 Å². The van der Waals surface area contributed by atoms with Gasteiger partial charge in [-0.15, -0.1) is 0 Å². The molecule has 0 aromatic heterocycles. The Kier molecular flexibility index (Phi) is 68.7. The number of phosphoric acid groups is 2. The minimum Gasteiger partial charge on any atom is -0.462 e. The molecule has 0 rings (SSSR count). The van der Waals surface area contributed by atoms with E-state index in [0.717, 1.165) is 154 Å². The van der Waals surface area contributed by atoms with Crippen molar-refractivity contribution in [2.24, 2.45) is 0 Å². The molecule has 0 aromatic carbocycles. The van der Waals surface area contributed by atoms with Gasteiger partial charge in [-0.2, -0.15) is 0 Å². The first-order valence-corrected chi connectivity index (χ1v) is 42.2. The molecule has 2 unspecified atom stereocenters. The topological polar surface area (TPSA) is 237 Å². The first-order chi connectivity index (χ1) is 46.7. The third kappa shape index (κ3) is 69.7. The van der Waals surface area contributed by atoms with Crippen molar-refractivity contribution in [2.75, 3.05) is 39.6 Å². The Morgan fingerprint density at radius 1 is 0.281 bits per heavy atom. The second-order valence-corrected chi connectivity index (χ2v) is 29.6. The van der Waals surface area contributed by atoms with E-state index in [1.807, 2.05) is 0 Å². The van der Waals surface area contributed by atoms with Gasteiger partial charge in [0, 0.05) is 25.7 Å². The van der Waals surface area contributed by atoms with Crippen LogP contribution in [0.3, 0.4) is 0 Å². The van der Waals surface area contributed by atoms with Gasteiger partial charge in [-0.05, 0) is 103 Å². The summed E-state index contributed by atoms with van der Waals surface area (Å²) in [4.78, 5) is 72.8. The quantitative estimate of drug-likeness (QED) is 0.0169. The van der Waals surface area contributed by atoms with Gasteiger partial charge in [0.05, 0.1) is 26.4 Å². The zero-order chi connectivity index (χ0) is 70.4. The molecular weight excluding hydrogens is 1260 g/mol. The number of hydrogen-bond donors (Lipinski definition) is 3. The summed E-state index contributed by atoms with van der Waals surface area (Å²) in [7, 11) is -9.93. The van der Waals surface area contributed by atoms with Crippen molar-refractivity contribution in [3.63, 3.8) is 0 Å². The molecule has 0 bridgehead atoms. The SMILES string of the molecule is CCCCCC/C=C\CCCCCCCCCC(=O)O[C@H](COC(=O)CCCCCCC/C=C\CCCCCC)COP(=O)(O)OC[C@@H](O)COP(=O)(O)OC[C@@H](COC(=O)CCCCCCC/C=C\CCCCCC)OC(=O)CCCCCCCCCCCCCCCCC. The highest BCUT2D eigenvalue weighted by molar-refractivity contribution is 7.47. The molecule has 0 spiro atoms. The molecule has 3 N–H and O–H groups in total. The van der Waals surface area contributed by atoms with Crippen LogP contribution in [-0.4, -0.2) is 96.7 Å². The summed E-state index contributed by atoms with van der Waals surface area (Å²) >= 11 is 0. The largest absolute Gasteiger partial charge is 0.472 e. The van der Waals surface area contributed by atoms with Crippen molar-refractivity contribution in [1.82, 2.24) is 0 Å². The minimum atomic E-state index is -4.97. The van der Waals surface area contributed by atoms with E-state index in [0.29, 0.717) is 25.7 Å². The highest BCUT2D eigenvalue weighted by atomic mass is 31.2. The maximum atomic E-state index is 13.1. The van der Waals surface area contributed by atoms with Gasteiger partial charge < -0.3 is 33.8 Å². The van der Waals surface area contributed by atoms with Crippen LogP contribution in [0.4, 0.5) is 0 Å². The van der Waals surface area contributed by atoms with E-state index in [1.165, 1.54) is 141 Å². The van der Waals surface area contributed by atoms with Gasteiger partial charge >= 0.3 is 39.5 Å². The molecule has 0 fully saturated rings. The van der Waals surface area contributed by atoms with Crippen LogP contribution in [-0.2, 0) is 65.4 Å². The fourth-order valence-corrected chi connectivity index (χ4v) is 12.6. The van der Waals surface area contributed by atoms with E-state index in [9.17, 15) is 43.2 Å². The molecule has 17 nitrogen and oxygen atoms in total. The number of unbranched alkanes of at least 4 members (excludes halogenated alkanes) is 43. The minimum absolute atomic E-state index is 0.0945. The van der Waals surface area contributed by atoms with Gasteiger partial charge in [-0.3, -0.25) is 37.3 Å². The third-order valence-corrected chi connectivity index (χ3v) is 19.0. The zero-order valence-electron chi connectivity index (χ0n) is 61.6. The molecule has 5 atom stereocenters. The Morgan fingerprint density at radius 3 is 0.729 bits per heavy atom. The Bertz CT molecular complexity index is 1970. The highest BCUT2D eigenvalue weighted by Gasteiger charge is 2.30. The van der Waals surface area contributed by atoms with Crippen LogP contribution in [0.25, 0.3) is 0 Å². The smallest absolute Gasteiger partial charge is 0.462 e. The lowest BCUT2D eigenvalue weighted by molar-refractivity contribution is -0.161. The number of carbonyl (C=O) groups excluding carboxylic acids is 4. The monoisotopic (exact) mass is 1400 g/mol. The van der Waals surface area contributed by atoms with Gasteiger partial charge in [-0.25, -0.2) is 9.13 Å². The van der Waals surface area contributed by atoms with Crippen LogP contribution >= 0.6 is 15.6 Å². The normalized spacial score (nSPS) is 14.1. The van der Waals surface area contributed by atoms with E-state index < -0.39 is 97.5 Å². The summed E-state index contributed by atoms with van der Waals surface area (Å²) in [5.41, 5.74) is 0. The van der Waals surface area contributed by atoms with Crippen LogP contribution in [0.5, 0.6) is 0 Å². The number of phosphoric ester groups is 2. The van der Waals surface area contributed by atoms with Crippen molar-refractivity contribution < 1.29 is 80.2 Å². The Balaban J connectivity index is 5.31. The number of aliphatic hydroxyl groups is 1. The van der Waals surface area contributed by atoms with Gasteiger partial charge in [0.2, 0.25) is 0 Å². The maximum absolute atomic E-state index is 13.1. The fraction of sp³-hybridized carbons (Fsp3) is 0.870. The van der Waals surface area contributed by atoms with Crippen molar-refractivity contribution in [3.8, 4) is 0 Å². The first kappa shape index (κ1) is 93.3. The van der Waals surface area contributed by atoms with Crippen LogP contribution in [0, 0.1) is 0 Å². The second-order valence-electron chi connectivity index (χ2n) is 26.7. The van der Waals surface area contributed by atoms with E-state index in [1.54, 1.807) is 0 Å². The molecule has 96 heavy (non-hydrogen) atoms. The maximum Gasteiger partial charge on any atom is 0.472 e. The van der Waals surface area contributed by atoms with Crippen LogP contribution in [0.15, 0.2) is 36.5 Å². The molecule has 0 aliphatic rings. The van der Waals surface area contributed by atoms with Crippen LogP contribution in [0.2, 0.25) is 0 Å². The summed E-state index contributed by atoms with van der Waals surface area (Å²) in [6, 6.07) is 0. The summed E-state index contributed by atoms with van der Waals surface area (Å²) in [6.07, 6.45) is 65.5. The van der Waals surface area contributed by atoms with E-state index in [-0.39, 0.29) is 25.7 Å². The lowest BCUT2D eigenvalue weighted by Gasteiger charge is -2.21. The van der Waals surface area contributed by atoms with E-state index in [2.05, 4.69) is 64.2 Å². The molecule has 0 saturated carbocycles. The predicted molar refractivity (Wildman–Crippen MR) is 391 cm³/mol. The summed E-state index contributed by atoms with van der Waals surface area (Å²) in [5.74, 6) is -2.16. The van der Waals surface area contributed by atoms with Crippen LogP contribution < -0.4 is 0 Å². The standard InChI is InChI=1S/C77H144O17P2/c1-5-9-13-17-21-25-29-33-35-39-43-47-51-55-59-63-76(81)93-72(67-87-74(79)61-57-53-49-45-41-37-31-27-23-19-15-11-7-3)69-91-95(83,84)89-65-71(78)66-90-96(85,86)92-70-73(68-88-75(80)62-58-54-50-46-42-38-32-28-24-20-16-12-8-4)94-77(82)64-60-56-52-48-44-40-36-34-30-26-22-18-14-10-6-2/h25,27-29,31-32,71-73,78H,5-24,26,30,33-70H2,1-4H3,(H,83,84)(H,85,86)/b29-25-,31-27-,32-28-/t71-,72-,73-/m1/s1. The number of esters is 4. The summed E-state index contributed by atoms with van der Waals surface area (Å²) in [6.45, 7) is 4.89. The second kappa shape index (κ2) is 70.7. The summed E-state index contributed by atoms with van der Waals surface area (Å²) < 4.78 is 68.5. The molecule has 19 heteroatoms. The predicted octanol–water partition coefficient (Wildman–Crippen LogP) is 22.3. The number of carbonyl (C=O) groups is 4. The fourth-order valence-electron chi connectivity index (χ4n) is 11.0. The van der Waals surface area contributed by atoms with Crippen molar-refractivity contribution >= 4 is 39.5 Å². The summed E-state index contributed by atoms with van der Waals surface area (Å²) in [5, 5.41) is 10.6. The molecule has 0 amide bonds. The molecule has 0 aromatic rings. The zero-order valence-corrected chi connectivity index (χ0v) is 63.4.